The molecular formula is C19H24N4O2. The van der Waals surface area contributed by atoms with E-state index in [1.54, 1.807) is 26.6 Å². The molecule has 0 fully saturated rings. The van der Waals surface area contributed by atoms with Crippen LogP contribution in [0.5, 0.6) is 11.5 Å². The summed E-state index contributed by atoms with van der Waals surface area (Å²) in [6, 6.07) is 15.5. The number of benzene rings is 2. The lowest BCUT2D eigenvalue weighted by atomic mass is 10.2. The molecule has 0 saturated heterocycles. The SMILES string of the molecule is COc1ccc(/C=N/N(C)CN(C)/N=C/c2ccc(OC)cc2)cc1. The first-order chi connectivity index (χ1) is 12.1. The van der Waals surface area contributed by atoms with Crippen LogP contribution in [-0.2, 0) is 0 Å². The van der Waals surface area contributed by atoms with Gasteiger partial charge in [-0.25, -0.2) is 0 Å². The Morgan fingerprint density at radius 3 is 1.40 bits per heavy atom. The van der Waals surface area contributed by atoms with Gasteiger partial charge in [0, 0.05) is 14.1 Å². The largest absolute Gasteiger partial charge is 0.497 e. The number of nitrogens with zero attached hydrogens (tertiary/aromatic N) is 4. The second kappa shape index (κ2) is 9.32. The number of hydrogen-bond acceptors (Lipinski definition) is 6. The number of hydrogen-bond donors (Lipinski definition) is 0. The van der Waals surface area contributed by atoms with E-state index in [9.17, 15) is 0 Å². The van der Waals surface area contributed by atoms with Crippen LogP contribution in [0.2, 0.25) is 0 Å². The molecule has 0 radical (unpaired) electrons. The Morgan fingerprint density at radius 1 is 0.720 bits per heavy atom. The van der Waals surface area contributed by atoms with Gasteiger partial charge in [0.1, 0.15) is 18.2 Å². The maximum Gasteiger partial charge on any atom is 0.122 e. The summed E-state index contributed by atoms with van der Waals surface area (Å²) in [5.74, 6) is 1.66. The molecule has 0 spiro atoms. The minimum atomic E-state index is 0.569. The van der Waals surface area contributed by atoms with Gasteiger partial charge >= 0.3 is 0 Å². The second-order valence-corrected chi connectivity index (χ2v) is 5.49. The fraction of sp³-hybridized carbons (Fsp3) is 0.263. The number of ether oxygens (including phenoxy) is 2. The van der Waals surface area contributed by atoms with Crippen LogP contribution in [0.1, 0.15) is 11.1 Å². The molecule has 2 aromatic rings. The third-order valence-electron chi connectivity index (χ3n) is 3.45. The highest BCUT2D eigenvalue weighted by Gasteiger charge is 1.98. The van der Waals surface area contributed by atoms with Crippen LogP contribution >= 0.6 is 0 Å². The van der Waals surface area contributed by atoms with E-state index in [0.717, 1.165) is 22.6 Å². The zero-order chi connectivity index (χ0) is 18.1. The molecule has 25 heavy (non-hydrogen) atoms. The van der Waals surface area contributed by atoms with Crippen LogP contribution in [-0.4, -0.2) is 57.4 Å². The zero-order valence-corrected chi connectivity index (χ0v) is 15.1. The Balaban J connectivity index is 1.84. The van der Waals surface area contributed by atoms with Gasteiger partial charge in [-0.3, -0.25) is 10.0 Å². The van der Waals surface area contributed by atoms with Crippen molar-refractivity contribution in [3.8, 4) is 11.5 Å². The smallest absolute Gasteiger partial charge is 0.122 e. The average Bonchev–Trinajstić information content (AvgIpc) is 2.65. The Bertz CT molecular complexity index is 635. The van der Waals surface area contributed by atoms with Crippen LogP contribution in [0.25, 0.3) is 0 Å². The maximum absolute atomic E-state index is 5.14. The molecule has 0 aliphatic rings. The highest BCUT2D eigenvalue weighted by molar-refractivity contribution is 5.80. The summed E-state index contributed by atoms with van der Waals surface area (Å²) in [5.41, 5.74) is 2.02. The highest BCUT2D eigenvalue weighted by Crippen LogP contribution is 2.10. The van der Waals surface area contributed by atoms with Crippen molar-refractivity contribution in [3.05, 3.63) is 59.7 Å². The molecular weight excluding hydrogens is 316 g/mol. The molecule has 6 nitrogen and oxygen atoms in total. The molecule has 0 aliphatic heterocycles. The summed E-state index contributed by atoms with van der Waals surface area (Å²) >= 11 is 0. The molecule has 0 atom stereocenters. The van der Waals surface area contributed by atoms with E-state index in [0.29, 0.717) is 6.67 Å². The van der Waals surface area contributed by atoms with Gasteiger partial charge in [0.15, 0.2) is 0 Å². The minimum Gasteiger partial charge on any atom is -0.497 e. The topological polar surface area (TPSA) is 49.7 Å². The molecule has 0 aliphatic carbocycles. The molecule has 0 N–H and O–H groups in total. The van der Waals surface area contributed by atoms with Crippen LogP contribution in [0.3, 0.4) is 0 Å². The summed E-state index contributed by atoms with van der Waals surface area (Å²) in [7, 11) is 7.11. The normalized spacial score (nSPS) is 11.0. The van der Waals surface area contributed by atoms with E-state index in [1.165, 1.54) is 0 Å². The summed E-state index contributed by atoms with van der Waals surface area (Å²) in [5, 5.41) is 12.4. The first-order valence-corrected chi connectivity index (χ1v) is 7.89. The van der Waals surface area contributed by atoms with Crippen molar-refractivity contribution >= 4 is 12.4 Å². The fourth-order valence-electron chi connectivity index (χ4n) is 2.08. The van der Waals surface area contributed by atoms with E-state index >= 15 is 0 Å². The summed E-state index contributed by atoms with van der Waals surface area (Å²) in [6.45, 7) is 0.569. The molecule has 2 rings (SSSR count). The van der Waals surface area contributed by atoms with Gasteiger partial charge in [0.2, 0.25) is 0 Å². The predicted octanol–water partition coefficient (Wildman–Crippen LogP) is 2.89. The number of methoxy groups -OCH3 is 2. The Labute approximate surface area is 149 Å². The molecule has 0 bridgehead atoms. The van der Waals surface area contributed by atoms with Gasteiger partial charge in [-0.1, -0.05) is 0 Å². The monoisotopic (exact) mass is 340 g/mol. The first kappa shape index (κ1) is 18.3. The first-order valence-electron chi connectivity index (χ1n) is 7.89. The van der Waals surface area contributed by atoms with Crippen LogP contribution in [0.4, 0.5) is 0 Å². The zero-order valence-electron chi connectivity index (χ0n) is 15.1. The van der Waals surface area contributed by atoms with Gasteiger partial charge in [-0.2, -0.15) is 10.2 Å². The van der Waals surface area contributed by atoms with Crippen molar-refractivity contribution < 1.29 is 9.47 Å². The third-order valence-corrected chi connectivity index (χ3v) is 3.45. The third kappa shape index (κ3) is 6.18. The highest BCUT2D eigenvalue weighted by atomic mass is 16.5. The van der Waals surface area contributed by atoms with Crippen LogP contribution in [0, 0.1) is 0 Å². The van der Waals surface area contributed by atoms with Gasteiger partial charge in [-0.05, 0) is 59.7 Å². The second-order valence-electron chi connectivity index (χ2n) is 5.49. The van der Waals surface area contributed by atoms with Crippen molar-refractivity contribution in [1.29, 1.82) is 0 Å². The summed E-state index contributed by atoms with van der Waals surface area (Å²) in [6.07, 6.45) is 3.61. The molecule has 0 heterocycles. The molecule has 0 aromatic heterocycles. The lowest BCUT2D eigenvalue weighted by Gasteiger charge is -2.19. The van der Waals surface area contributed by atoms with Crippen LogP contribution in [0.15, 0.2) is 58.7 Å². The van der Waals surface area contributed by atoms with E-state index in [2.05, 4.69) is 10.2 Å². The molecule has 0 unspecified atom stereocenters. The standard InChI is InChI=1S/C19H24N4O2/c1-22(20-13-16-5-9-18(24-3)10-6-16)15-23(2)21-14-17-7-11-19(25-4)12-8-17/h5-14H,15H2,1-4H3/b20-13+,21-14+. The Hall–Kier alpha value is -3.02. The average molecular weight is 340 g/mol. The Kier molecular flexibility index (Phi) is 6.83. The van der Waals surface area contributed by atoms with E-state index < -0.39 is 0 Å². The van der Waals surface area contributed by atoms with Crippen molar-refractivity contribution in [3.63, 3.8) is 0 Å². The Morgan fingerprint density at radius 2 is 1.08 bits per heavy atom. The van der Waals surface area contributed by atoms with Crippen LogP contribution < -0.4 is 9.47 Å². The quantitative estimate of drug-likeness (QED) is 0.421. The van der Waals surface area contributed by atoms with Crippen molar-refractivity contribution in [2.75, 3.05) is 35.0 Å². The van der Waals surface area contributed by atoms with E-state index in [-0.39, 0.29) is 0 Å². The predicted molar refractivity (Wildman–Crippen MR) is 102 cm³/mol. The van der Waals surface area contributed by atoms with Gasteiger partial charge < -0.3 is 9.47 Å². The maximum atomic E-state index is 5.14. The molecule has 2 aromatic carbocycles. The molecule has 0 saturated carbocycles. The van der Waals surface area contributed by atoms with Crippen molar-refractivity contribution in [1.82, 2.24) is 10.0 Å². The van der Waals surface area contributed by atoms with Crippen molar-refractivity contribution in [2.24, 2.45) is 10.2 Å². The lowest BCUT2D eigenvalue weighted by Crippen LogP contribution is -2.26. The minimum absolute atomic E-state index is 0.569. The van der Waals surface area contributed by atoms with E-state index in [1.807, 2.05) is 72.6 Å². The summed E-state index contributed by atoms with van der Waals surface area (Å²) < 4.78 is 10.3. The fourth-order valence-corrected chi connectivity index (χ4v) is 2.08. The molecule has 132 valence electrons. The van der Waals surface area contributed by atoms with E-state index in [4.69, 9.17) is 9.47 Å². The molecule has 6 heteroatoms. The van der Waals surface area contributed by atoms with Crippen molar-refractivity contribution in [2.45, 2.75) is 0 Å². The number of hydrazone groups is 2. The van der Waals surface area contributed by atoms with Gasteiger partial charge in [-0.15, -0.1) is 0 Å². The lowest BCUT2D eigenvalue weighted by molar-refractivity contribution is 0.196. The van der Waals surface area contributed by atoms with Gasteiger partial charge in [0.25, 0.3) is 0 Å². The van der Waals surface area contributed by atoms with Gasteiger partial charge in [0.05, 0.1) is 26.6 Å². The summed E-state index contributed by atoms with van der Waals surface area (Å²) in [4.78, 5) is 0. The molecule has 0 amide bonds. The number of rotatable bonds is 8.